The fourth-order valence-corrected chi connectivity index (χ4v) is 4.13. The summed E-state index contributed by atoms with van der Waals surface area (Å²) in [5.41, 5.74) is 3.15. The molecule has 1 aromatic heterocycles. The number of aromatic nitrogens is 2. The molecule has 7 nitrogen and oxygen atoms in total. The number of carbonyl (C=O) groups is 2. The lowest BCUT2D eigenvalue weighted by molar-refractivity contribution is -0.146. The number of ether oxygens (including phenoxy) is 1. The van der Waals surface area contributed by atoms with Gasteiger partial charge in [0.1, 0.15) is 11.5 Å². The molecule has 0 fully saturated rings. The van der Waals surface area contributed by atoms with Gasteiger partial charge in [0.25, 0.3) is 0 Å². The summed E-state index contributed by atoms with van der Waals surface area (Å²) in [4.78, 5) is 24.5. The Balaban J connectivity index is 1.49. The van der Waals surface area contributed by atoms with Crippen molar-refractivity contribution in [2.24, 2.45) is 11.8 Å². The molecule has 2 aromatic carbocycles. The number of aliphatic carboxylic acids is 1. The number of para-hydroxylation sites is 1. The van der Waals surface area contributed by atoms with Crippen molar-refractivity contribution >= 4 is 17.6 Å². The van der Waals surface area contributed by atoms with Crippen LogP contribution in [-0.2, 0) is 16.1 Å². The molecule has 0 unspecified atom stereocenters. The number of allylic oxidation sites excluding steroid dienone is 2. The average molecular weight is 446 g/mol. The van der Waals surface area contributed by atoms with Crippen molar-refractivity contribution in [3.05, 3.63) is 83.7 Å². The predicted octanol–water partition coefficient (Wildman–Crippen LogP) is 4.95. The molecule has 33 heavy (non-hydrogen) atoms. The van der Waals surface area contributed by atoms with E-state index in [1.165, 1.54) is 0 Å². The normalized spacial score (nSPS) is 17.5. The van der Waals surface area contributed by atoms with Gasteiger partial charge in [-0.1, -0.05) is 42.5 Å². The summed E-state index contributed by atoms with van der Waals surface area (Å²) >= 11 is 0. The highest BCUT2D eigenvalue weighted by atomic mass is 16.5. The van der Waals surface area contributed by atoms with Crippen LogP contribution < -0.4 is 10.1 Å². The summed E-state index contributed by atoms with van der Waals surface area (Å²) in [5.74, 6) is -1.03. The molecular formula is C26H27N3O4. The van der Waals surface area contributed by atoms with Gasteiger partial charge in [-0.2, -0.15) is 5.10 Å². The minimum absolute atomic E-state index is 0.282. The van der Waals surface area contributed by atoms with Crippen LogP contribution in [0.1, 0.15) is 29.8 Å². The Morgan fingerprint density at radius 1 is 1.03 bits per heavy atom. The number of hydrogen-bond acceptors (Lipinski definition) is 4. The van der Waals surface area contributed by atoms with E-state index in [4.69, 9.17) is 4.74 Å². The van der Waals surface area contributed by atoms with Crippen LogP contribution in [0.15, 0.2) is 66.7 Å². The van der Waals surface area contributed by atoms with Gasteiger partial charge in [-0.25, -0.2) is 0 Å². The van der Waals surface area contributed by atoms with Crippen molar-refractivity contribution in [1.29, 1.82) is 0 Å². The lowest BCUT2D eigenvalue weighted by Crippen LogP contribution is -2.35. The zero-order valence-corrected chi connectivity index (χ0v) is 18.7. The van der Waals surface area contributed by atoms with Gasteiger partial charge in [0.15, 0.2) is 0 Å². The van der Waals surface area contributed by atoms with E-state index in [0.717, 1.165) is 22.8 Å². The highest BCUT2D eigenvalue weighted by Gasteiger charge is 2.34. The van der Waals surface area contributed by atoms with E-state index in [1.54, 1.807) is 0 Å². The van der Waals surface area contributed by atoms with Crippen molar-refractivity contribution in [3.8, 4) is 11.5 Å². The molecule has 1 heterocycles. The number of amides is 1. The van der Waals surface area contributed by atoms with Crippen molar-refractivity contribution in [2.45, 2.75) is 33.2 Å². The number of nitrogens with one attached hydrogen (secondary N) is 1. The van der Waals surface area contributed by atoms with Crippen LogP contribution >= 0.6 is 0 Å². The monoisotopic (exact) mass is 445 g/mol. The number of carboxylic acids is 1. The second-order valence-electron chi connectivity index (χ2n) is 8.25. The van der Waals surface area contributed by atoms with Gasteiger partial charge in [0.2, 0.25) is 5.91 Å². The molecule has 2 N–H and O–H groups in total. The molecule has 0 spiro atoms. The molecule has 1 aliphatic rings. The minimum Gasteiger partial charge on any atom is -0.481 e. The van der Waals surface area contributed by atoms with Crippen molar-refractivity contribution in [1.82, 2.24) is 9.78 Å². The topological polar surface area (TPSA) is 93.5 Å². The molecule has 4 rings (SSSR count). The van der Waals surface area contributed by atoms with E-state index in [9.17, 15) is 14.7 Å². The summed E-state index contributed by atoms with van der Waals surface area (Å²) in [6.07, 6.45) is 4.49. The first-order chi connectivity index (χ1) is 15.9. The molecule has 0 saturated heterocycles. The number of benzene rings is 2. The zero-order chi connectivity index (χ0) is 23.4. The predicted molar refractivity (Wildman–Crippen MR) is 125 cm³/mol. The summed E-state index contributed by atoms with van der Waals surface area (Å²) in [7, 11) is 0. The largest absolute Gasteiger partial charge is 0.481 e. The second kappa shape index (κ2) is 9.73. The van der Waals surface area contributed by atoms with E-state index < -0.39 is 17.8 Å². The molecule has 7 heteroatoms. The third-order valence-corrected chi connectivity index (χ3v) is 5.93. The van der Waals surface area contributed by atoms with Crippen LogP contribution in [0.5, 0.6) is 11.5 Å². The van der Waals surface area contributed by atoms with Crippen LogP contribution in [0.25, 0.3) is 0 Å². The van der Waals surface area contributed by atoms with Crippen LogP contribution in [0, 0.1) is 25.7 Å². The first-order valence-electron chi connectivity index (χ1n) is 11.0. The highest BCUT2D eigenvalue weighted by molar-refractivity contribution is 5.96. The first-order valence-corrected chi connectivity index (χ1v) is 11.0. The molecule has 0 saturated carbocycles. The number of hydrogen-bond donors (Lipinski definition) is 2. The summed E-state index contributed by atoms with van der Waals surface area (Å²) < 4.78 is 7.76. The lowest BCUT2D eigenvalue weighted by atomic mass is 9.82. The number of anilines is 1. The molecule has 0 radical (unpaired) electrons. The molecule has 0 bridgehead atoms. The van der Waals surface area contributed by atoms with Gasteiger partial charge in [-0.15, -0.1) is 0 Å². The van der Waals surface area contributed by atoms with Crippen LogP contribution in [0.3, 0.4) is 0 Å². The van der Waals surface area contributed by atoms with Crippen molar-refractivity contribution < 1.29 is 19.4 Å². The Labute approximate surface area is 192 Å². The minimum atomic E-state index is -0.943. The van der Waals surface area contributed by atoms with E-state index >= 15 is 0 Å². The molecule has 0 aliphatic heterocycles. The fraction of sp³-hybridized carbons (Fsp3) is 0.269. The van der Waals surface area contributed by atoms with Crippen molar-refractivity contribution in [3.63, 3.8) is 0 Å². The fourth-order valence-electron chi connectivity index (χ4n) is 4.13. The quantitative estimate of drug-likeness (QED) is 0.502. The third-order valence-electron chi connectivity index (χ3n) is 5.93. The smallest absolute Gasteiger partial charge is 0.307 e. The Bertz CT molecular complexity index is 1180. The zero-order valence-electron chi connectivity index (χ0n) is 18.7. The summed E-state index contributed by atoms with van der Waals surface area (Å²) in [6.45, 7) is 4.25. The average Bonchev–Trinajstić information content (AvgIpc) is 3.07. The van der Waals surface area contributed by atoms with Crippen LogP contribution in [0.4, 0.5) is 5.69 Å². The number of carboxylic acid groups (broad SMARTS) is 1. The van der Waals surface area contributed by atoms with Gasteiger partial charge in [-0.3, -0.25) is 14.3 Å². The first kappa shape index (κ1) is 22.3. The van der Waals surface area contributed by atoms with E-state index in [-0.39, 0.29) is 5.91 Å². The third kappa shape index (κ3) is 5.14. The maximum absolute atomic E-state index is 12.9. The van der Waals surface area contributed by atoms with Gasteiger partial charge >= 0.3 is 5.97 Å². The highest BCUT2D eigenvalue weighted by Crippen LogP contribution is 2.29. The van der Waals surface area contributed by atoms with Crippen LogP contribution in [-0.4, -0.2) is 26.8 Å². The molecule has 3 aromatic rings. The molecule has 2 atom stereocenters. The van der Waals surface area contributed by atoms with Gasteiger partial charge in [0, 0.05) is 0 Å². The summed E-state index contributed by atoms with van der Waals surface area (Å²) in [5, 5.41) is 17.0. The molecule has 170 valence electrons. The number of carbonyl (C=O) groups excluding carboxylic acids is 1. The SMILES string of the molecule is Cc1nn(Cc2cccc(Oc3ccccc3)c2)c(C)c1NC(=O)[C@@H]1CC=CC[C@H]1C(=O)O. The standard InChI is InChI=1S/C26H27N3O4/c1-17-24(27-25(30)22-13-6-7-14-23(22)26(31)32)18(2)29(28-17)16-19-9-8-12-21(15-19)33-20-10-4-3-5-11-20/h3-12,15,22-23H,13-14,16H2,1-2H3,(H,27,30)(H,31,32)/t22-,23-/m1/s1. The Morgan fingerprint density at radius 2 is 1.73 bits per heavy atom. The molecule has 1 aliphatic carbocycles. The Kier molecular flexibility index (Phi) is 6.58. The maximum atomic E-state index is 12.9. The van der Waals surface area contributed by atoms with Gasteiger partial charge < -0.3 is 15.2 Å². The number of aryl methyl sites for hydroxylation is 1. The number of rotatable bonds is 7. The van der Waals surface area contributed by atoms with E-state index in [2.05, 4.69) is 10.4 Å². The number of nitrogens with zero attached hydrogens (tertiary/aromatic N) is 2. The maximum Gasteiger partial charge on any atom is 0.307 e. The van der Waals surface area contributed by atoms with Gasteiger partial charge in [-0.05, 0) is 56.5 Å². The molecule has 1 amide bonds. The Hall–Kier alpha value is -3.87. The van der Waals surface area contributed by atoms with Crippen molar-refractivity contribution in [2.75, 3.05) is 5.32 Å². The van der Waals surface area contributed by atoms with E-state index in [1.807, 2.05) is 85.3 Å². The molecular weight excluding hydrogens is 418 g/mol. The van der Waals surface area contributed by atoms with Crippen LogP contribution in [0.2, 0.25) is 0 Å². The summed E-state index contributed by atoms with van der Waals surface area (Å²) in [6, 6.07) is 17.4. The van der Waals surface area contributed by atoms with E-state index in [0.29, 0.717) is 30.8 Å². The second-order valence-corrected chi connectivity index (χ2v) is 8.25. The van der Waals surface area contributed by atoms with Gasteiger partial charge in [0.05, 0.1) is 35.5 Å². The lowest BCUT2D eigenvalue weighted by Gasteiger charge is -2.24. The Morgan fingerprint density at radius 3 is 2.45 bits per heavy atom.